The van der Waals surface area contributed by atoms with Gasteiger partial charge in [0, 0.05) is 18.4 Å². The molecule has 0 radical (unpaired) electrons. The largest absolute Gasteiger partial charge is 0.376 e. The lowest BCUT2D eigenvalue weighted by molar-refractivity contribution is 0.0940. The Kier molecular flexibility index (Phi) is 4.21. The first kappa shape index (κ1) is 15.5. The van der Waals surface area contributed by atoms with E-state index in [1.165, 1.54) is 10.4 Å². The number of ether oxygens (including phenoxy) is 1. The number of nitrogens with zero attached hydrogens (tertiary/aromatic N) is 3. The topological polar surface area (TPSA) is 39.9 Å². The summed E-state index contributed by atoms with van der Waals surface area (Å²) in [5.74, 6) is 0. The third kappa shape index (κ3) is 3.14. The Hall–Kier alpha value is -1.98. The highest BCUT2D eigenvalue weighted by atomic mass is 32.1. The van der Waals surface area contributed by atoms with Crippen molar-refractivity contribution in [2.24, 2.45) is 0 Å². The van der Waals surface area contributed by atoms with E-state index >= 15 is 0 Å². The van der Waals surface area contributed by atoms with Crippen LogP contribution < -0.4 is 0 Å². The Balaban J connectivity index is 1.59. The number of benzene rings is 1. The Morgan fingerprint density at radius 2 is 2.12 bits per heavy atom. The van der Waals surface area contributed by atoms with Gasteiger partial charge in [-0.1, -0.05) is 18.2 Å². The summed E-state index contributed by atoms with van der Waals surface area (Å²) in [5.41, 5.74) is 4.46. The van der Waals surface area contributed by atoms with E-state index in [2.05, 4.69) is 49.2 Å². The van der Waals surface area contributed by atoms with Crippen LogP contribution in [0, 0.1) is 13.8 Å². The zero-order valence-electron chi connectivity index (χ0n) is 14.0. The van der Waals surface area contributed by atoms with Crippen LogP contribution in [0.3, 0.4) is 0 Å². The number of hydrogen-bond acceptors (Lipinski definition) is 4. The van der Waals surface area contributed by atoms with E-state index in [9.17, 15) is 0 Å². The van der Waals surface area contributed by atoms with Crippen LogP contribution in [-0.2, 0) is 11.3 Å². The van der Waals surface area contributed by atoms with E-state index in [1.807, 2.05) is 10.9 Å². The third-order valence-electron chi connectivity index (χ3n) is 4.38. The molecular formula is C19H21N3OS. The molecule has 0 saturated carbocycles. The SMILES string of the molecule is Cc1nc(C)c(-c2cccc(-c3ccn(C[C@@H]4CCCO4)n3)c2)s1. The number of rotatable bonds is 4. The van der Waals surface area contributed by atoms with Crippen LogP contribution in [0.2, 0.25) is 0 Å². The van der Waals surface area contributed by atoms with Gasteiger partial charge in [-0.25, -0.2) is 4.98 Å². The summed E-state index contributed by atoms with van der Waals surface area (Å²) in [6.07, 6.45) is 4.65. The van der Waals surface area contributed by atoms with Crippen molar-refractivity contribution >= 4 is 11.3 Å². The molecule has 1 atom stereocenters. The van der Waals surface area contributed by atoms with Crippen molar-refractivity contribution in [2.75, 3.05) is 6.61 Å². The lowest BCUT2D eigenvalue weighted by Crippen LogP contribution is -2.15. The second-order valence-corrected chi connectivity index (χ2v) is 7.49. The first-order chi connectivity index (χ1) is 11.7. The molecule has 0 bridgehead atoms. The molecule has 0 N–H and O–H groups in total. The highest BCUT2D eigenvalue weighted by Crippen LogP contribution is 2.32. The maximum absolute atomic E-state index is 5.70. The maximum atomic E-state index is 5.70. The van der Waals surface area contributed by atoms with Crippen LogP contribution in [0.25, 0.3) is 21.7 Å². The summed E-state index contributed by atoms with van der Waals surface area (Å²) in [5, 5.41) is 5.84. The number of aromatic nitrogens is 3. The zero-order valence-corrected chi connectivity index (χ0v) is 14.8. The lowest BCUT2D eigenvalue weighted by atomic mass is 10.1. The van der Waals surface area contributed by atoms with E-state index in [-0.39, 0.29) is 0 Å². The van der Waals surface area contributed by atoms with Crippen LogP contribution >= 0.6 is 11.3 Å². The average molecular weight is 339 g/mol. The number of aryl methyl sites for hydroxylation is 2. The fourth-order valence-corrected chi connectivity index (χ4v) is 4.15. The molecule has 24 heavy (non-hydrogen) atoms. The maximum Gasteiger partial charge on any atom is 0.0923 e. The Labute approximate surface area is 146 Å². The molecule has 1 aliphatic heterocycles. The standard InChI is InChI=1S/C19H21N3OS/c1-13-19(24-14(2)20-13)16-6-3-5-15(11-16)18-8-9-22(21-18)12-17-7-4-10-23-17/h3,5-6,8-9,11,17H,4,7,10,12H2,1-2H3/t17-/m0/s1. The normalized spacial score (nSPS) is 17.5. The molecule has 0 aliphatic carbocycles. The molecule has 0 spiro atoms. The Morgan fingerprint density at radius 3 is 2.88 bits per heavy atom. The van der Waals surface area contributed by atoms with E-state index in [0.717, 1.165) is 48.0 Å². The predicted molar refractivity (Wildman–Crippen MR) is 97.2 cm³/mol. The molecule has 1 fully saturated rings. The smallest absolute Gasteiger partial charge is 0.0923 e. The summed E-state index contributed by atoms with van der Waals surface area (Å²) >= 11 is 1.74. The molecule has 0 unspecified atom stereocenters. The van der Waals surface area contributed by atoms with Gasteiger partial charge in [0.2, 0.25) is 0 Å². The fraction of sp³-hybridized carbons (Fsp3) is 0.368. The lowest BCUT2D eigenvalue weighted by Gasteiger charge is -2.08. The number of thiazole rings is 1. The third-order valence-corrected chi connectivity index (χ3v) is 5.50. The van der Waals surface area contributed by atoms with Crippen molar-refractivity contribution in [2.45, 2.75) is 39.3 Å². The van der Waals surface area contributed by atoms with Crippen LogP contribution in [0.4, 0.5) is 0 Å². The minimum atomic E-state index is 0.312. The van der Waals surface area contributed by atoms with Crippen LogP contribution in [0.5, 0.6) is 0 Å². The van der Waals surface area contributed by atoms with Gasteiger partial charge in [0.05, 0.1) is 33.9 Å². The molecule has 4 nitrogen and oxygen atoms in total. The average Bonchev–Trinajstić information content (AvgIpc) is 3.30. The molecule has 0 amide bonds. The van der Waals surface area contributed by atoms with Gasteiger partial charge in [-0.05, 0) is 44.4 Å². The molecule has 2 aromatic heterocycles. The van der Waals surface area contributed by atoms with Gasteiger partial charge >= 0.3 is 0 Å². The minimum absolute atomic E-state index is 0.312. The fourth-order valence-electron chi connectivity index (χ4n) is 3.23. The van der Waals surface area contributed by atoms with Crippen molar-refractivity contribution < 1.29 is 4.74 Å². The van der Waals surface area contributed by atoms with Crippen molar-refractivity contribution in [1.82, 2.24) is 14.8 Å². The highest BCUT2D eigenvalue weighted by molar-refractivity contribution is 7.15. The van der Waals surface area contributed by atoms with E-state index in [1.54, 1.807) is 11.3 Å². The molecule has 4 rings (SSSR count). The van der Waals surface area contributed by atoms with Gasteiger partial charge in [0.1, 0.15) is 0 Å². The van der Waals surface area contributed by atoms with Gasteiger partial charge in [-0.15, -0.1) is 11.3 Å². The van der Waals surface area contributed by atoms with E-state index in [0.29, 0.717) is 6.10 Å². The van der Waals surface area contributed by atoms with Gasteiger partial charge in [0.15, 0.2) is 0 Å². The van der Waals surface area contributed by atoms with Crippen LogP contribution in [0.1, 0.15) is 23.5 Å². The van der Waals surface area contributed by atoms with Crippen molar-refractivity contribution in [3.63, 3.8) is 0 Å². The molecular weight excluding hydrogens is 318 g/mol. The van der Waals surface area contributed by atoms with Crippen molar-refractivity contribution in [3.05, 3.63) is 47.2 Å². The van der Waals surface area contributed by atoms with E-state index in [4.69, 9.17) is 9.84 Å². The number of hydrogen-bond donors (Lipinski definition) is 0. The monoisotopic (exact) mass is 339 g/mol. The summed E-state index contributed by atoms with van der Waals surface area (Å²) in [7, 11) is 0. The second kappa shape index (κ2) is 6.49. The predicted octanol–water partition coefficient (Wildman–Crippen LogP) is 4.47. The minimum Gasteiger partial charge on any atom is -0.376 e. The summed E-state index contributed by atoms with van der Waals surface area (Å²) in [6.45, 7) is 5.85. The van der Waals surface area contributed by atoms with Gasteiger partial charge in [-0.2, -0.15) is 5.10 Å². The highest BCUT2D eigenvalue weighted by Gasteiger charge is 2.16. The van der Waals surface area contributed by atoms with Gasteiger partial charge in [-0.3, -0.25) is 4.68 Å². The van der Waals surface area contributed by atoms with Gasteiger partial charge in [0.25, 0.3) is 0 Å². The molecule has 1 aromatic carbocycles. The Bertz CT molecular complexity index is 846. The second-order valence-electron chi connectivity index (χ2n) is 6.29. The first-order valence-electron chi connectivity index (χ1n) is 8.39. The molecule has 3 aromatic rings. The molecule has 1 aliphatic rings. The van der Waals surface area contributed by atoms with Crippen LogP contribution in [-0.4, -0.2) is 27.5 Å². The van der Waals surface area contributed by atoms with Gasteiger partial charge < -0.3 is 4.74 Å². The molecule has 124 valence electrons. The van der Waals surface area contributed by atoms with E-state index < -0.39 is 0 Å². The summed E-state index contributed by atoms with van der Waals surface area (Å²) in [4.78, 5) is 5.78. The summed E-state index contributed by atoms with van der Waals surface area (Å²) in [6, 6.07) is 10.6. The molecule has 3 heterocycles. The van der Waals surface area contributed by atoms with Crippen molar-refractivity contribution in [1.29, 1.82) is 0 Å². The van der Waals surface area contributed by atoms with Crippen molar-refractivity contribution in [3.8, 4) is 21.7 Å². The Morgan fingerprint density at radius 1 is 1.25 bits per heavy atom. The zero-order chi connectivity index (χ0) is 16.5. The first-order valence-corrected chi connectivity index (χ1v) is 9.20. The summed E-state index contributed by atoms with van der Waals surface area (Å²) < 4.78 is 7.70. The molecule has 5 heteroatoms. The van der Waals surface area contributed by atoms with Crippen LogP contribution in [0.15, 0.2) is 36.5 Å². The molecule has 1 saturated heterocycles. The quantitative estimate of drug-likeness (QED) is 0.704.